The molecule has 30 heavy (non-hydrogen) atoms. The van der Waals surface area contributed by atoms with Gasteiger partial charge in [-0.3, -0.25) is 0 Å². The summed E-state index contributed by atoms with van der Waals surface area (Å²) in [6.45, 7) is 1.28. The van der Waals surface area contributed by atoms with Gasteiger partial charge in [-0.25, -0.2) is 8.42 Å². The maximum atomic E-state index is 12.8. The average molecular weight is 429 g/mol. The number of ether oxygens (including phenoxy) is 2. The number of hydrogen-bond acceptors (Lipinski definition) is 7. The fraction of sp³-hybridized carbons (Fsp3) is 0.333. The number of aromatic nitrogens is 2. The first-order chi connectivity index (χ1) is 14.6. The third kappa shape index (κ3) is 4.47. The van der Waals surface area contributed by atoms with Crippen molar-refractivity contribution in [1.82, 2.24) is 14.4 Å². The molecule has 0 N–H and O–H groups in total. The molecule has 0 amide bonds. The highest BCUT2D eigenvalue weighted by molar-refractivity contribution is 7.89. The summed E-state index contributed by atoms with van der Waals surface area (Å²) < 4.78 is 43.0. The Hall–Kier alpha value is -2.91. The molecule has 0 saturated carbocycles. The van der Waals surface area contributed by atoms with Crippen LogP contribution in [0.2, 0.25) is 0 Å². The van der Waals surface area contributed by atoms with E-state index < -0.39 is 10.0 Å². The van der Waals surface area contributed by atoms with E-state index in [4.69, 9.17) is 14.0 Å². The summed E-state index contributed by atoms with van der Waals surface area (Å²) >= 11 is 0. The minimum absolute atomic E-state index is 0.126. The van der Waals surface area contributed by atoms with Gasteiger partial charge in [0, 0.05) is 18.7 Å². The van der Waals surface area contributed by atoms with Crippen molar-refractivity contribution in [2.24, 2.45) is 0 Å². The molecule has 1 aliphatic heterocycles. The van der Waals surface area contributed by atoms with Gasteiger partial charge in [0.2, 0.25) is 15.8 Å². The van der Waals surface area contributed by atoms with E-state index in [1.165, 1.54) is 0 Å². The smallest absolute Gasteiger partial charge is 0.264 e. The van der Waals surface area contributed by atoms with Gasteiger partial charge in [0.15, 0.2) is 6.61 Å². The first-order valence-corrected chi connectivity index (χ1v) is 11.2. The molecule has 2 aromatic carbocycles. The zero-order valence-electron chi connectivity index (χ0n) is 16.7. The number of benzene rings is 2. The maximum absolute atomic E-state index is 12.8. The number of sulfonamides is 1. The molecule has 0 bridgehead atoms. The van der Waals surface area contributed by atoms with E-state index >= 15 is 0 Å². The lowest BCUT2D eigenvalue weighted by atomic mass is 10.2. The van der Waals surface area contributed by atoms with E-state index in [9.17, 15) is 8.42 Å². The van der Waals surface area contributed by atoms with Crippen LogP contribution in [0.5, 0.6) is 11.5 Å². The highest BCUT2D eigenvalue weighted by atomic mass is 32.2. The minimum atomic E-state index is -3.46. The predicted octanol–water partition coefficient (Wildman–Crippen LogP) is 3.50. The van der Waals surface area contributed by atoms with Crippen molar-refractivity contribution in [3.63, 3.8) is 0 Å². The van der Waals surface area contributed by atoms with Crippen LogP contribution in [0.4, 0.5) is 0 Å². The van der Waals surface area contributed by atoms with Crippen molar-refractivity contribution in [2.45, 2.75) is 30.8 Å². The maximum Gasteiger partial charge on any atom is 0.264 e. The Kier molecular flexibility index (Phi) is 6.01. The summed E-state index contributed by atoms with van der Waals surface area (Å²) in [4.78, 5) is 4.60. The topological polar surface area (TPSA) is 94.8 Å². The van der Waals surface area contributed by atoms with Crippen LogP contribution in [0.25, 0.3) is 11.4 Å². The van der Waals surface area contributed by atoms with Gasteiger partial charge in [0.1, 0.15) is 11.5 Å². The van der Waals surface area contributed by atoms with Crippen molar-refractivity contribution >= 4 is 10.0 Å². The molecule has 0 spiro atoms. The van der Waals surface area contributed by atoms with Gasteiger partial charge < -0.3 is 14.0 Å². The number of hydrogen-bond donors (Lipinski definition) is 0. The molecule has 9 heteroatoms. The molecular formula is C21H23N3O5S. The second kappa shape index (κ2) is 8.85. The largest absolute Gasteiger partial charge is 0.497 e. The summed E-state index contributed by atoms with van der Waals surface area (Å²) in [5.74, 6) is 2.10. The van der Waals surface area contributed by atoms with E-state index in [0.717, 1.165) is 25.0 Å². The van der Waals surface area contributed by atoms with E-state index in [-0.39, 0.29) is 11.5 Å². The first-order valence-electron chi connectivity index (χ1n) is 9.76. The second-order valence-electron chi connectivity index (χ2n) is 6.97. The predicted molar refractivity (Wildman–Crippen MR) is 110 cm³/mol. The van der Waals surface area contributed by atoms with Gasteiger partial charge in [-0.05, 0) is 61.4 Å². The Morgan fingerprint density at radius 1 is 0.967 bits per heavy atom. The molecule has 1 aromatic heterocycles. The number of rotatable bonds is 7. The Labute approximate surface area is 175 Å². The normalized spacial score (nSPS) is 15.1. The molecule has 1 fully saturated rings. The monoisotopic (exact) mass is 429 g/mol. The van der Waals surface area contributed by atoms with Crippen LogP contribution in [-0.4, -0.2) is 43.1 Å². The molecule has 0 atom stereocenters. The van der Waals surface area contributed by atoms with E-state index in [0.29, 0.717) is 36.1 Å². The summed E-state index contributed by atoms with van der Waals surface area (Å²) in [6, 6.07) is 13.7. The molecule has 4 rings (SSSR count). The van der Waals surface area contributed by atoms with Crippen LogP contribution < -0.4 is 9.47 Å². The fourth-order valence-electron chi connectivity index (χ4n) is 3.28. The molecular weight excluding hydrogens is 406 g/mol. The zero-order valence-corrected chi connectivity index (χ0v) is 17.5. The first kappa shape index (κ1) is 20.4. The third-order valence-electron chi connectivity index (χ3n) is 4.96. The number of piperidine rings is 1. The third-order valence-corrected chi connectivity index (χ3v) is 6.87. The Morgan fingerprint density at radius 3 is 2.30 bits per heavy atom. The standard InChI is InChI=1S/C21H23N3O5S/c1-27-17-7-9-18(10-8-17)28-15-20-22-21(23-29-20)16-5-11-19(12-6-16)30(25,26)24-13-3-2-4-14-24/h5-12H,2-4,13-15H2,1H3. The van der Waals surface area contributed by atoms with Crippen LogP contribution in [-0.2, 0) is 16.6 Å². The van der Waals surface area contributed by atoms with Gasteiger partial charge in [-0.2, -0.15) is 9.29 Å². The van der Waals surface area contributed by atoms with Crippen LogP contribution >= 0.6 is 0 Å². The van der Waals surface area contributed by atoms with Gasteiger partial charge in [0.05, 0.1) is 12.0 Å². The highest BCUT2D eigenvalue weighted by Crippen LogP contribution is 2.24. The minimum Gasteiger partial charge on any atom is -0.497 e. The van der Waals surface area contributed by atoms with Crippen LogP contribution in [0.15, 0.2) is 57.9 Å². The second-order valence-corrected chi connectivity index (χ2v) is 8.90. The Bertz CT molecular complexity index is 1070. The number of nitrogens with zero attached hydrogens (tertiary/aromatic N) is 3. The summed E-state index contributed by atoms with van der Waals surface area (Å²) in [5, 5.41) is 3.96. The Morgan fingerprint density at radius 2 is 1.63 bits per heavy atom. The molecule has 0 radical (unpaired) electrons. The van der Waals surface area contributed by atoms with Crippen LogP contribution in [0, 0.1) is 0 Å². The molecule has 3 aromatic rings. The highest BCUT2D eigenvalue weighted by Gasteiger charge is 2.25. The van der Waals surface area contributed by atoms with Crippen LogP contribution in [0.1, 0.15) is 25.2 Å². The van der Waals surface area contributed by atoms with Crippen molar-refractivity contribution in [2.75, 3.05) is 20.2 Å². The zero-order chi connectivity index (χ0) is 21.0. The number of methoxy groups -OCH3 is 1. The quantitative estimate of drug-likeness (QED) is 0.567. The Balaban J connectivity index is 1.41. The van der Waals surface area contributed by atoms with E-state index in [2.05, 4.69) is 10.1 Å². The lowest BCUT2D eigenvalue weighted by molar-refractivity contribution is 0.242. The summed E-state index contributed by atoms with van der Waals surface area (Å²) in [7, 11) is -1.86. The summed E-state index contributed by atoms with van der Waals surface area (Å²) in [5.41, 5.74) is 0.673. The molecule has 1 saturated heterocycles. The van der Waals surface area contributed by atoms with Crippen molar-refractivity contribution in [1.29, 1.82) is 0 Å². The van der Waals surface area contributed by atoms with Crippen LogP contribution in [0.3, 0.4) is 0 Å². The van der Waals surface area contributed by atoms with Gasteiger partial charge in [0.25, 0.3) is 5.89 Å². The average Bonchev–Trinajstić information content (AvgIpc) is 3.28. The van der Waals surface area contributed by atoms with E-state index in [1.807, 2.05) is 0 Å². The lowest BCUT2D eigenvalue weighted by Crippen LogP contribution is -2.35. The van der Waals surface area contributed by atoms with Crippen molar-refractivity contribution in [3.8, 4) is 22.9 Å². The van der Waals surface area contributed by atoms with Gasteiger partial charge >= 0.3 is 0 Å². The molecule has 8 nitrogen and oxygen atoms in total. The van der Waals surface area contributed by atoms with E-state index in [1.54, 1.807) is 59.9 Å². The molecule has 1 aliphatic rings. The molecule has 158 valence electrons. The molecule has 2 heterocycles. The fourth-order valence-corrected chi connectivity index (χ4v) is 4.80. The van der Waals surface area contributed by atoms with Gasteiger partial charge in [-0.1, -0.05) is 11.6 Å². The molecule has 0 unspecified atom stereocenters. The lowest BCUT2D eigenvalue weighted by Gasteiger charge is -2.25. The molecule has 0 aliphatic carbocycles. The summed E-state index contributed by atoms with van der Waals surface area (Å²) in [6.07, 6.45) is 2.89. The van der Waals surface area contributed by atoms with Crippen molar-refractivity contribution in [3.05, 3.63) is 54.4 Å². The SMILES string of the molecule is COc1ccc(OCc2nc(-c3ccc(S(=O)(=O)N4CCCCC4)cc3)no2)cc1. The van der Waals surface area contributed by atoms with Gasteiger partial charge in [-0.15, -0.1) is 0 Å². The van der Waals surface area contributed by atoms with Crippen molar-refractivity contribution < 1.29 is 22.4 Å².